The zero-order valence-corrected chi connectivity index (χ0v) is 11.5. The van der Waals surface area contributed by atoms with Crippen LogP contribution in [0.15, 0.2) is 41.5 Å². The Morgan fingerprint density at radius 1 is 1.45 bits per heavy atom. The molecule has 0 saturated carbocycles. The van der Waals surface area contributed by atoms with Crippen molar-refractivity contribution in [2.75, 3.05) is 0 Å². The van der Waals surface area contributed by atoms with E-state index in [1.807, 2.05) is 19.1 Å². The molecule has 0 radical (unpaired) electrons. The molecule has 0 aromatic carbocycles. The Hall–Kier alpha value is -2.43. The van der Waals surface area contributed by atoms with Gasteiger partial charge in [0.05, 0.1) is 0 Å². The molecule has 2 aromatic heterocycles. The molecule has 0 spiro atoms. The first kappa shape index (κ1) is 14.0. The van der Waals surface area contributed by atoms with E-state index in [9.17, 15) is 9.59 Å². The number of carbonyl (C=O) groups excluding carboxylic acids is 1. The maximum absolute atomic E-state index is 12.1. The van der Waals surface area contributed by atoms with Gasteiger partial charge in [0.25, 0.3) is 5.91 Å². The van der Waals surface area contributed by atoms with Crippen molar-refractivity contribution < 1.29 is 4.79 Å². The summed E-state index contributed by atoms with van der Waals surface area (Å²) in [6, 6.07) is 6.76. The zero-order valence-electron chi connectivity index (χ0n) is 11.5. The van der Waals surface area contributed by atoms with Crippen LogP contribution in [0.2, 0.25) is 0 Å². The van der Waals surface area contributed by atoms with E-state index >= 15 is 0 Å². The van der Waals surface area contributed by atoms with E-state index in [1.54, 1.807) is 25.4 Å². The summed E-state index contributed by atoms with van der Waals surface area (Å²) in [5.74, 6) is -0.240. The topological polar surface area (TPSA) is 74.8 Å². The molecule has 104 valence electrons. The first-order valence-electron chi connectivity index (χ1n) is 6.45. The van der Waals surface area contributed by atoms with Crippen LogP contribution in [0.3, 0.4) is 0 Å². The fourth-order valence-electron chi connectivity index (χ4n) is 2.04. The van der Waals surface area contributed by atoms with Crippen LogP contribution in [0.1, 0.15) is 28.5 Å². The maximum Gasteiger partial charge on any atom is 0.251 e. The molecule has 5 heteroatoms. The number of aromatic amines is 1. The number of nitrogens with zero attached hydrogens (tertiary/aromatic N) is 1. The van der Waals surface area contributed by atoms with Crippen molar-refractivity contribution in [2.45, 2.75) is 26.3 Å². The van der Waals surface area contributed by atoms with Crippen LogP contribution >= 0.6 is 0 Å². The summed E-state index contributed by atoms with van der Waals surface area (Å²) in [4.78, 5) is 30.1. The van der Waals surface area contributed by atoms with Crippen molar-refractivity contribution in [1.29, 1.82) is 0 Å². The number of rotatable bonds is 4. The molecular weight excluding hydrogens is 254 g/mol. The number of amides is 1. The highest BCUT2D eigenvalue weighted by Gasteiger charge is 2.11. The quantitative estimate of drug-likeness (QED) is 0.883. The van der Waals surface area contributed by atoms with Crippen LogP contribution < -0.4 is 10.9 Å². The predicted molar refractivity (Wildman–Crippen MR) is 76.7 cm³/mol. The van der Waals surface area contributed by atoms with Crippen LogP contribution in [0.4, 0.5) is 0 Å². The molecule has 0 aliphatic heterocycles. The molecule has 0 bridgehead atoms. The van der Waals surface area contributed by atoms with Crippen molar-refractivity contribution >= 4 is 5.91 Å². The molecule has 2 aromatic rings. The zero-order chi connectivity index (χ0) is 14.5. The summed E-state index contributed by atoms with van der Waals surface area (Å²) in [5.41, 5.74) is 1.84. The van der Waals surface area contributed by atoms with E-state index in [0.717, 1.165) is 5.56 Å². The summed E-state index contributed by atoms with van der Waals surface area (Å²) in [6.07, 6.45) is 4.19. The number of nitrogens with one attached hydrogen (secondary N) is 2. The predicted octanol–water partition coefficient (Wildman–Crippen LogP) is 1.44. The lowest BCUT2D eigenvalue weighted by molar-refractivity contribution is 0.0939. The Bertz CT molecular complexity index is 650. The molecule has 1 atom stereocenters. The smallest absolute Gasteiger partial charge is 0.251 e. The lowest BCUT2D eigenvalue weighted by Gasteiger charge is -2.13. The highest BCUT2D eigenvalue weighted by molar-refractivity contribution is 5.94. The molecule has 0 aliphatic rings. The minimum atomic E-state index is -0.268. The standard InChI is InChI=1S/C15H17N3O2/c1-10(6-12-4-3-5-16-9-12)18-15(20)13-7-11(2)17-14(19)8-13/h3-5,7-10H,6H2,1-2H3,(H,17,19)(H,18,20)/t10-/m1/s1. The number of hydrogen-bond donors (Lipinski definition) is 2. The first-order chi connectivity index (χ1) is 9.54. The molecule has 20 heavy (non-hydrogen) atoms. The van der Waals surface area contributed by atoms with E-state index in [0.29, 0.717) is 17.7 Å². The Morgan fingerprint density at radius 2 is 2.25 bits per heavy atom. The average molecular weight is 271 g/mol. The summed E-state index contributed by atoms with van der Waals surface area (Å²) in [6.45, 7) is 3.67. The van der Waals surface area contributed by atoms with Gasteiger partial charge < -0.3 is 10.3 Å². The lowest BCUT2D eigenvalue weighted by Crippen LogP contribution is -2.34. The van der Waals surface area contributed by atoms with Gasteiger partial charge in [0.1, 0.15) is 0 Å². The minimum Gasteiger partial charge on any atom is -0.349 e. The van der Waals surface area contributed by atoms with Crippen LogP contribution in [0, 0.1) is 6.92 Å². The Morgan fingerprint density at radius 3 is 2.90 bits per heavy atom. The van der Waals surface area contributed by atoms with Gasteiger partial charge in [-0.3, -0.25) is 14.6 Å². The molecule has 1 amide bonds. The molecule has 0 fully saturated rings. The van der Waals surface area contributed by atoms with Gasteiger partial charge in [-0.25, -0.2) is 0 Å². The summed E-state index contributed by atoms with van der Waals surface area (Å²) in [7, 11) is 0. The van der Waals surface area contributed by atoms with Gasteiger partial charge in [-0.1, -0.05) is 6.07 Å². The second-order valence-corrected chi connectivity index (χ2v) is 4.86. The van der Waals surface area contributed by atoms with Gasteiger partial charge in [-0.2, -0.15) is 0 Å². The number of aryl methyl sites for hydroxylation is 1. The third-order valence-corrected chi connectivity index (χ3v) is 2.88. The van der Waals surface area contributed by atoms with E-state index in [2.05, 4.69) is 15.3 Å². The molecule has 5 nitrogen and oxygen atoms in total. The van der Waals surface area contributed by atoms with E-state index in [4.69, 9.17) is 0 Å². The Labute approximate surface area is 117 Å². The molecule has 2 rings (SSSR count). The van der Waals surface area contributed by atoms with Crippen molar-refractivity contribution in [3.63, 3.8) is 0 Å². The second kappa shape index (κ2) is 6.14. The SMILES string of the molecule is Cc1cc(C(=O)N[C@H](C)Cc2cccnc2)cc(=O)[nH]1. The Balaban J connectivity index is 2.02. The van der Waals surface area contributed by atoms with E-state index < -0.39 is 0 Å². The first-order valence-corrected chi connectivity index (χ1v) is 6.45. The van der Waals surface area contributed by atoms with Gasteiger partial charge in [-0.05, 0) is 38.0 Å². The average Bonchev–Trinajstić information content (AvgIpc) is 2.38. The van der Waals surface area contributed by atoms with Crippen LogP contribution in [-0.2, 0) is 6.42 Å². The van der Waals surface area contributed by atoms with E-state index in [-0.39, 0.29) is 17.5 Å². The van der Waals surface area contributed by atoms with Crippen LogP contribution in [0.5, 0.6) is 0 Å². The molecule has 0 saturated heterocycles. The highest BCUT2D eigenvalue weighted by atomic mass is 16.2. The normalized spacial score (nSPS) is 11.9. The largest absolute Gasteiger partial charge is 0.349 e. The number of H-pyrrole nitrogens is 1. The van der Waals surface area contributed by atoms with Crippen LogP contribution in [0.25, 0.3) is 0 Å². The van der Waals surface area contributed by atoms with Gasteiger partial charge in [0.2, 0.25) is 5.56 Å². The van der Waals surface area contributed by atoms with Gasteiger partial charge in [0.15, 0.2) is 0 Å². The Kier molecular flexibility index (Phi) is 4.30. The fourth-order valence-corrected chi connectivity index (χ4v) is 2.04. The summed E-state index contributed by atoms with van der Waals surface area (Å²) < 4.78 is 0. The third-order valence-electron chi connectivity index (χ3n) is 2.88. The third kappa shape index (κ3) is 3.78. The molecule has 0 unspecified atom stereocenters. The van der Waals surface area contributed by atoms with Crippen molar-refractivity contribution in [2.24, 2.45) is 0 Å². The van der Waals surface area contributed by atoms with Crippen molar-refractivity contribution in [3.8, 4) is 0 Å². The number of carbonyl (C=O) groups is 1. The van der Waals surface area contributed by atoms with Gasteiger partial charge in [0, 0.05) is 35.8 Å². The minimum absolute atomic E-state index is 0.0358. The highest BCUT2D eigenvalue weighted by Crippen LogP contribution is 2.03. The second-order valence-electron chi connectivity index (χ2n) is 4.86. The van der Waals surface area contributed by atoms with Gasteiger partial charge in [-0.15, -0.1) is 0 Å². The van der Waals surface area contributed by atoms with Crippen molar-refractivity contribution in [1.82, 2.24) is 15.3 Å². The van der Waals surface area contributed by atoms with Gasteiger partial charge >= 0.3 is 0 Å². The number of aromatic nitrogens is 2. The molecule has 2 heterocycles. The molecule has 0 aliphatic carbocycles. The molecule has 2 N–H and O–H groups in total. The fraction of sp³-hybridized carbons (Fsp3) is 0.267. The van der Waals surface area contributed by atoms with E-state index in [1.165, 1.54) is 6.07 Å². The number of hydrogen-bond acceptors (Lipinski definition) is 3. The number of pyridine rings is 2. The van der Waals surface area contributed by atoms with Crippen molar-refractivity contribution in [3.05, 3.63) is 63.8 Å². The monoisotopic (exact) mass is 271 g/mol. The van der Waals surface area contributed by atoms with Crippen LogP contribution in [-0.4, -0.2) is 21.9 Å². The maximum atomic E-state index is 12.1. The summed E-state index contributed by atoms with van der Waals surface area (Å²) in [5, 5.41) is 2.88. The summed E-state index contributed by atoms with van der Waals surface area (Å²) >= 11 is 0. The lowest BCUT2D eigenvalue weighted by atomic mass is 10.1. The molecular formula is C15H17N3O2.